The fourth-order valence-corrected chi connectivity index (χ4v) is 2.82. The number of carbonyl (C=O) groups is 2. The SMILES string of the molecule is O=C(COC(=O)CCSc1ccc(F)c(F)c1)Nc1ccccc1Cl. The molecule has 0 aliphatic carbocycles. The minimum atomic E-state index is -0.941. The van der Waals surface area contributed by atoms with Gasteiger partial charge in [0.25, 0.3) is 5.91 Å². The van der Waals surface area contributed by atoms with Crippen molar-refractivity contribution in [2.24, 2.45) is 0 Å². The monoisotopic (exact) mass is 385 g/mol. The maximum absolute atomic E-state index is 13.0. The highest BCUT2D eigenvalue weighted by molar-refractivity contribution is 7.99. The zero-order valence-corrected chi connectivity index (χ0v) is 14.5. The van der Waals surface area contributed by atoms with E-state index in [2.05, 4.69) is 5.32 Å². The molecule has 0 radical (unpaired) electrons. The Bertz CT molecular complexity index is 773. The van der Waals surface area contributed by atoms with Gasteiger partial charge in [0, 0.05) is 10.6 Å². The smallest absolute Gasteiger partial charge is 0.307 e. The Morgan fingerprint density at radius 1 is 1.12 bits per heavy atom. The average Bonchev–Trinajstić information content (AvgIpc) is 2.58. The summed E-state index contributed by atoms with van der Waals surface area (Å²) < 4.78 is 30.7. The molecule has 0 aliphatic rings. The number of para-hydroxylation sites is 1. The van der Waals surface area contributed by atoms with Gasteiger partial charge >= 0.3 is 5.97 Å². The van der Waals surface area contributed by atoms with Crippen LogP contribution < -0.4 is 5.32 Å². The van der Waals surface area contributed by atoms with Crippen molar-refractivity contribution in [3.8, 4) is 0 Å². The number of ether oxygens (including phenoxy) is 1. The number of thioether (sulfide) groups is 1. The van der Waals surface area contributed by atoms with E-state index in [1.807, 2.05) is 0 Å². The van der Waals surface area contributed by atoms with E-state index in [0.29, 0.717) is 21.4 Å². The van der Waals surface area contributed by atoms with Crippen LogP contribution in [0, 0.1) is 11.6 Å². The van der Waals surface area contributed by atoms with Crippen LogP contribution >= 0.6 is 23.4 Å². The van der Waals surface area contributed by atoms with Gasteiger partial charge in [-0.1, -0.05) is 23.7 Å². The Balaban J connectivity index is 1.69. The second-order valence-corrected chi connectivity index (χ2v) is 6.44. The Labute approximate surface area is 152 Å². The van der Waals surface area contributed by atoms with Crippen LogP contribution in [0.3, 0.4) is 0 Å². The first-order valence-corrected chi connectivity index (χ1v) is 8.60. The molecular weight excluding hydrogens is 372 g/mol. The van der Waals surface area contributed by atoms with Gasteiger partial charge in [0.1, 0.15) is 0 Å². The molecule has 8 heteroatoms. The van der Waals surface area contributed by atoms with Gasteiger partial charge in [0.05, 0.1) is 17.1 Å². The van der Waals surface area contributed by atoms with Crippen molar-refractivity contribution in [2.45, 2.75) is 11.3 Å². The lowest BCUT2D eigenvalue weighted by Gasteiger charge is -2.08. The quantitative estimate of drug-likeness (QED) is 0.571. The number of hydrogen-bond donors (Lipinski definition) is 1. The topological polar surface area (TPSA) is 55.4 Å². The molecule has 2 rings (SSSR count). The van der Waals surface area contributed by atoms with E-state index >= 15 is 0 Å². The fraction of sp³-hybridized carbons (Fsp3) is 0.176. The van der Waals surface area contributed by atoms with Crippen molar-refractivity contribution in [3.63, 3.8) is 0 Å². The molecule has 25 heavy (non-hydrogen) atoms. The lowest BCUT2D eigenvalue weighted by atomic mass is 10.3. The van der Waals surface area contributed by atoms with Gasteiger partial charge in [0.15, 0.2) is 18.2 Å². The number of carbonyl (C=O) groups excluding carboxylic acids is 2. The molecule has 2 aromatic carbocycles. The van der Waals surface area contributed by atoms with Gasteiger partial charge in [-0.25, -0.2) is 8.78 Å². The minimum absolute atomic E-state index is 0.0308. The molecule has 132 valence electrons. The zero-order chi connectivity index (χ0) is 18.2. The Hall–Kier alpha value is -2.12. The predicted octanol–water partition coefficient (Wildman–Crippen LogP) is 4.28. The molecule has 4 nitrogen and oxygen atoms in total. The van der Waals surface area contributed by atoms with Crippen LogP contribution in [-0.4, -0.2) is 24.2 Å². The zero-order valence-electron chi connectivity index (χ0n) is 12.9. The first kappa shape index (κ1) is 19.2. The second kappa shape index (κ2) is 9.39. The highest BCUT2D eigenvalue weighted by Crippen LogP contribution is 2.21. The standard InChI is InChI=1S/C17H14ClF2NO3S/c18-12-3-1-2-4-15(12)21-16(22)10-24-17(23)7-8-25-11-5-6-13(19)14(20)9-11/h1-6,9H,7-8,10H2,(H,21,22). The van der Waals surface area contributed by atoms with Crippen LogP contribution in [-0.2, 0) is 14.3 Å². The first-order chi connectivity index (χ1) is 12.0. The van der Waals surface area contributed by atoms with Crippen LogP contribution in [0.5, 0.6) is 0 Å². The van der Waals surface area contributed by atoms with Crippen LogP contribution in [0.1, 0.15) is 6.42 Å². The third-order valence-electron chi connectivity index (χ3n) is 2.98. The van der Waals surface area contributed by atoms with Crippen LogP contribution in [0.15, 0.2) is 47.4 Å². The summed E-state index contributed by atoms with van der Waals surface area (Å²) in [5.74, 6) is -2.62. The highest BCUT2D eigenvalue weighted by Gasteiger charge is 2.10. The van der Waals surface area contributed by atoms with E-state index in [1.54, 1.807) is 24.3 Å². The van der Waals surface area contributed by atoms with Crippen LogP contribution in [0.25, 0.3) is 0 Å². The summed E-state index contributed by atoms with van der Waals surface area (Å²) >= 11 is 7.09. The highest BCUT2D eigenvalue weighted by atomic mass is 35.5. The van der Waals surface area contributed by atoms with Crippen molar-refractivity contribution in [1.82, 2.24) is 0 Å². The van der Waals surface area contributed by atoms with Gasteiger partial charge in [-0.2, -0.15) is 0 Å². The van der Waals surface area contributed by atoms with Crippen molar-refractivity contribution >= 4 is 40.9 Å². The van der Waals surface area contributed by atoms with Crippen LogP contribution in [0.4, 0.5) is 14.5 Å². The lowest BCUT2D eigenvalue weighted by Crippen LogP contribution is -2.21. The van der Waals surface area contributed by atoms with E-state index < -0.39 is 30.1 Å². The van der Waals surface area contributed by atoms with Gasteiger partial charge < -0.3 is 10.1 Å². The molecule has 0 unspecified atom stereocenters. The van der Waals surface area contributed by atoms with Crippen LogP contribution in [0.2, 0.25) is 5.02 Å². The predicted molar refractivity (Wildman–Crippen MR) is 92.7 cm³/mol. The summed E-state index contributed by atoms with van der Waals surface area (Å²) in [4.78, 5) is 23.8. The fourth-order valence-electron chi connectivity index (χ4n) is 1.79. The molecule has 0 saturated heterocycles. The molecule has 0 aliphatic heterocycles. The molecule has 0 saturated carbocycles. The van der Waals surface area contributed by atoms with E-state index in [4.69, 9.17) is 16.3 Å². The number of nitrogens with one attached hydrogen (secondary N) is 1. The summed E-state index contributed by atoms with van der Waals surface area (Å²) in [5, 5.41) is 2.91. The number of halogens is 3. The summed E-state index contributed by atoms with van der Waals surface area (Å²) in [5.41, 5.74) is 0.430. The molecule has 0 spiro atoms. The maximum Gasteiger partial charge on any atom is 0.307 e. The van der Waals surface area contributed by atoms with Gasteiger partial charge in [0.2, 0.25) is 0 Å². The molecule has 0 fully saturated rings. The molecule has 1 N–H and O–H groups in total. The maximum atomic E-state index is 13.0. The van der Waals surface area contributed by atoms with Crippen molar-refractivity contribution < 1.29 is 23.1 Å². The van der Waals surface area contributed by atoms with Crippen molar-refractivity contribution in [2.75, 3.05) is 17.7 Å². The molecule has 0 heterocycles. The average molecular weight is 386 g/mol. The summed E-state index contributed by atoms with van der Waals surface area (Å²) in [6.07, 6.45) is 0.0308. The van der Waals surface area contributed by atoms with Gasteiger partial charge in [-0.3, -0.25) is 9.59 Å². The summed E-state index contributed by atoms with van der Waals surface area (Å²) in [6.45, 7) is -0.431. The number of hydrogen-bond acceptors (Lipinski definition) is 4. The van der Waals surface area contributed by atoms with Gasteiger partial charge in [-0.15, -0.1) is 11.8 Å². The second-order valence-electron chi connectivity index (χ2n) is 4.86. The first-order valence-electron chi connectivity index (χ1n) is 7.23. The van der Waals surface area contributed by atoms with E-state index in [9.17, 15) is 18.4 Å². The summed E-state index contributed by atoms with van der Waals surface area (Å²) in [7, 11) is 0. The number of esters is 1. The number of anilines is 1. The summed E-state index contributed by atoms with van der Waals surface area (Å²) in [6, 6.07) is 10.2. The number of rotatable bonds is 7. The molecule has 1 amide bonds. The number of benzene rings is 2. The lowest BCUT2D eigenvalue weighted by molar-refractivity contribution is -0.146. The third kappa shape index (κ3) is 6.36. The molecule has 2 aromatic rings. The third-order valence-corrected chi connectivity index (χ3v) is 4.30. The Morgan fingerprint density at radius 3 is 2.60 bits per heavy atom. The Kier molecular flexibility index (Phi) is 7.21. The van der Waals surface area contributed by atoms with Crippen molar-refractivity contribution in [3.05, 3.63) is 59.1 Å². The van der Waals surface area contributed by atoms with E-state index in [1.165, 1.54) is 17.8 Å². The largest absolute Gasteiger partial charge is 0.456 e. The molecular formula is C17H14ClF2NO3S. The Morgan fingerprint density at radius 2 is 1.88 bits per heavy atom. The molecule has 0 atom stereocenters. The minimum Gasteiger partial charge on any atom is -0.456 e. The van der Waals surface area contributed by atoms with Gasteiger partial charge in [-0.05, 0) is 30.3 Å². The van der Waals surface area contributed by atoms with E-state index in [0.717, 1.165) is 12.1 Å². The number of amides is 1. The van der Waals surface area contributed by atoms with E-state index in [-0.39, 0.29) is 6.42 Å². The normalized spacial score (nSPS) is 10.4. The van der Waals surface area contributed by atoms with Crippen molar-refractivity contribution in [1.29, 1.82) is 0 Å². The molecule has 0 aromatic heterocycles. The molecule has 0 bridgehead atoms.